The Hall–Kier alpha value is -2.60. The van der Waals surface area contributed by atoms with E-state index in [4.69, 9.17) is 4.74 Å². The molecule has 0 fully saturated rings. The van der Waals surface area contributed by atoms with Gasteiger partial charge in [0.05, 0.1) is 16.2 Å². The van der Waals surface area contributed by atoms with Crippen molar-refractivity contribution in [3.8, 4) is 5.75 Å². The zero-order valence-corrected chi connectivity index (χ0v) is 17.9. The van der Waals surface area contributed by atoms with Gasteiger partial charge in [-0.2, -0.15) is 5.10 Å². The molecule has 0 spiro atoms. The van der Waals surface area contributed by atoms with Gasteiger partial charge in [0, 0.05) is 23.9 Å². The summed E-state index contributed by atoms with van der Waals surface area (Å²) in [5.41, 5.74) is 3.60. The third kappa shape index (κ3) is 4.81. The highest BCUT2D eigenvalue weighted by atomic mass is 79.9. The largest absolute Gasteiger partial charge is 0.488 e. The molecule has 5 nitrogen and oxygen atoms in total. The van der Waals surface area contributed by atoms with Gasteiger partial charge < -0.3 is 10.1 Å². The van der Waals surface area contributed by atoms with Crippen LogP contribution >= 0.6 is 15.9 Å². The van der Waals surface area contributed by atoms with Crippen molar-refractivity contribution in [1.29, 1.82) is 0 Å². The van der Waals surface area contributed by atoms with E-state index in [2.05, 4.69) is 26.3 Å². The Morgan fingerprint density at radius 1 is 1.21 bits per heavy atom. The first-order valence-corrected chi connectivity index (χ1v) is 10.1. The number of hydrogen-bond acceptors (Lipinski definition) is 3. The highest BCUT2D eigenvalue weighted by Crippen LogP contribution is 2.24. The predicted octanol–water partition coefficient (Wildman–Crippen LogP) is 5.04. The second-order valence-corrected chi connectivity index (χ2v) is 7.49. The molecular weight excluding hydrogens is 418 g/mol. The van der Waals surface area contributed by atoms with Crippen molar-refractivity contribution in [2.45, 2.75) is 40.0 Å². The van der Waals surface area contributed by atoms with Crippen LogP contribution in [0, 0.1) is 6.92 Å². The van der Waals surface area contributed by atoms with E-state index in [9.17, 15) is 4.79 Å². The van der Waals surface area contributed by atoms with Gasteiger partial charge in [0.15, 0.2) is 0 Å². The second-order valence-electron chi connectivity index (χ2n) is 6.64. The van der Waals surface area contributed by atoms with E-state index < -0.39 is 0 Å². The summed E-state index contributed by atoms with van der Waals surface area (Å²) < 4.78 is 8.62. The van der Waals surface area contributed by atoms with Crippen molar-refractivity contribution in [3.63, 3.8) is 0 Å². The van der Waals surface area contributed by atoms with Crippen molar-refractivity contribution in [1.82, 2.24) is 15.1 Å². The second kappa shape index (κ2) is 9.06. The zero-order chi connectivity index (χ0) is 20.1. The minimum absolute atomic E-state index is 0.102. The average molecular weight is 442 g/mol. The molecule has 0 radical (unpaired) electrons. The molecule has 0 aliphatic carbocycles. The van der Waals surface area contributed by atoms with E-state index >= 15 is 0 Å². The molecule has 3 aromatic rings. The molecule has 146 valence electrons. The summed E-state index contributed by atoms with van der Waals surface area (Å²) in [7, 11) is 0. The minimum Gasteiger partial charge on any atom is -0.488 e. The molecule has 0 saturated carbocycles. The van der Waals surface area contributed by atoms with Crippen LogP contribution in [-0.2, 0) is 13.2 Å². The van der Waals surface area contributed by atoms with Gasteiger partial charge in [0.25, 0.3) is 5.91 Å². The number of halogens is 1. The number of hydrogen-bond donors (Lipinski definition) is 1. The number of nitrogens with one attached hydrogen (secondary N) is 1. The molecule has 1 atom stereocenters. The van der Waals surface area contributed by atoms with Gasteiger partial charge in [-0.15, -0.1) is 0 Å². The smallest absolute Gasteiger partial charge is 0.251 e. The van der Waals surface area contributed by atoms with Crippen molar-refractivity contribution < 1.29 is 9.53 Å². The van der Waals surface area contributed by atoms with E-state index in [1.807, 2.05) is 80.2 Å². The van der Waals surface area contributed by atoms with E-state index in [0.717, 1.165) is 33.6 Å². The van der Waals surface area contributed by atoms with E-state index in [1.165, 1.54) is 0 Å². The number of rotatable bonds is 7. The fourth-order valence-electron chi connectivity index (χ4n) is 2.95. The fourth-order valence-corrected chi connectivity index (χ4v) is 3.35. The summed E-state index contributed by atoms with van der Waals surface area (Å²) in [6.07, 6.45) is 1.99. The van der Waals surface area contributed by atoms with Crippen LogP contribution in [0.15, 0.2) is 59.2 Å². The van der Waals surface area contributed by atoms with Gasteiger partial charge in [-0.1, -0.05) is 24.3 Å². The van der Waals surface area contributed by atoms with Gasteiger partial charge in [-0.05, 0) is 66.5 Å². The van der Waals surface area contributed by atoms with Crippen LogP contribution in [0.25, 0.3) is 0 Å². The maximum absolute atomic E-state index is 12.6. The minimum atomic E-state index is -0.105. The van der Waals surface area contributed by atoms with Gasteiger partial charge in [-0.3, -0.25) is 9.48 Å². The molecular formula is C22H24BrN3O2. The number of aryl methyl sites for hydroxylation is 2. The van der Waals surface area contributed by atoms with Gasteiger partial charge in [0.1, 0.15) is 12.4 Å². The standard InChI is InChI=1S/C22H24BrN3O2/c1-4-26-13-19(16(3)25-26)15(2)24-22(27)18-11-9-17(10-12-18)14-28-21-8-6-5-7-20(21)23/h5-13,15H,4,14H2,1-3H3,(H,24,27)/t15-/m1/s1. The summed E-state index contributed by atoms with van der Waals surface area (Å²) in [4.78, 5) is 12.6. The van der Waals surface area contributed by atoms with Crippen LogP contribution in [0.5, 0.6) is 5.75 Å². The molecule has 0 aliphatic heterocycles. The van der Waals surface area contributed by atoms with Crippen LogP contribution in [-0.4, -0.2) is 15.7 Å². The molecule has 28 heavy (non-hydrogen) atoms. The van der Waals surface area contributed by atoms with E-state index in [0.29, 0.717) is 12.2 Å². The average Bonchev–Trinajstić information content (AvgIpc) is 3.08. The lowest BCUT2D eigenvalue weighted by Crippen LogP contribution is -2.26. The molecule has 1 N–H and O–H groups in total. The maximum atomic E-state index is 12.6. The quantitative estimate of drug-likeness (QED) is 0.558. The Labute approximate surface area is 173 Å². The highest BCUT2D eigenvalue weighted by Gasteiger charge is 2.16. The molecule has 0 bridgehead atoms. The third-order valence-electron chi connectivity index (χ3n) is 4.57. The number of benzene rings is 2. The van der Waals surface area contributed by atoms with E-state index in [1.54, 1.807) is 0 Å². The number of nitrogens with zero attached hydrogens (tertiary/aromatic N) is 2. The Morgan fingerprint density at radius 3 is 2.57 bits per heavy atom. The van der Waals surface area contributed by atoms with Crippen LogP contribution in [0.1, 0.15) is 47.1 Å². The lowest BCUT2D eigenvalue weighted by atomic mass is 10.1. The molecule has 2 aromatic carbocycles. The molecule has 0 aliphatic rings. The topological polar surface area (TPSA) is 56.2 Å². The summed E-state index contributed by atoms with van der Waals surface area (Å²) in [5, 5.41) is 7.49. The number of ether oxygens (including phenoxy) is 1. The molecule has 1 aromatic heterocycles. The normalized spacial score (nSPS) is 11.9. The molecule has 6 heteroatoms. The molecule has 3 rings (SSSR count). The highest BCUT2D eigenvalue weighted by molar-refractivity contribution is 9.10. The third-order valence-corrected chi connectivity index (χ3v) is 5.22. The van der Waals surface area contributed by atoms with Gasteiger partial charge in [0.2, 0.25) is 0 Å². The Bertz CT molecular complexity index is 951. The Kier molecular flexibility index (Phi) is 6.52. The zero-order valence-electron chi connectivity index (χ0n) is 16.3. The lowest BCUT2D eigenvalue weighted by molar-refractivity contribution is 0.0939. The summed E-state index contributed by atoms with van der Waals surface area (Å²) in [6, 6.07) is 15.1. The number of carbonyl (C=O) groups excluding carboxylic acids is 1. The van der Waals surface area contributed by atoms with Gasteiger partial charge in [-0.25, -0.2) is 0 Å². The Balaban J connectivity index is 1.60. The monoisotopic (exact) mass is 441 g/mol. The number of amides is 1. The SMILES string of the molecule is CCn1cc([C@@H](C)NC(=O)c2ccc(COc3ccccc3Br)cc2)c(C)n1. The summed E-state index contributed by atoms with van der Waals surface area (Å²) in [6.45, 7) is 7.23. The molecule has 1 amide bonds. The van der Waals surface area contributed by atoms with Crippen LogP contribution in [0.4, 0.5) is 0 Å². The fraction of sp³-hybridized carbons (Fsp3) is 0.273. The predicted molar refractivity (Wildman–Crippen MR) is 113 cm³/mol. The summed E-state index contributed by atoms with van der Waals surface area (Å²) in [5.74, 6) is 0.690. The van der Waals surface area contributed by atoms with Crippen LogP contribution < -0.4 is 10.1 Å². The van der Waals surface area contributed by atoms with Crippen molar-refractivity contribution in [3.05, 3.63) is 81.6 Å². The number of para-hydroxylation sites is 1. The van der Waals surface area contributed by atoms with E-state index in [-0.39, 0.29) is 11.9 Å². The Morgan fingerprint density at radius 2 is 1.93 bits per heavy atom. The van der Waals surface area contributed by atoms with Crippen molar-refractivity contribution in [2.75, 3.05) is 0 Å². The lowest BCUT2D eigenvalue weighted by Gasteiger charge is -2.14. The first-order chi connectivity index (χ1) is 13.5. The molecule has 1 heterocycles. The summed E-state index contributed by atoms with van der Waals surface area (Å²) >= 11 is 3.47. The van der Waals surface area contributed by atoms with Crippen molar-refractivity contribution in [2.24, 2.45) is 0 Å². The van der Waals surface area contributed by atoms with Crippen molar-refractivity contribution >= 4 is 21.8 Å². The van der Waals surface area contributed by atoms with Crippen LogP contribution in [0.2, 0.25) is 0 Å². The first-order valence-electron chi connectivity index (χ1n) is 9.29. The number of aromatic nitrogens is 2. The van der Waals surface area contributed by atoms with Crippen LogP contribution in [0.3, 0.4) is 0 Å². The molecule has 0 saturated heterocycles. The van der Waals surface area contributed by atoms with Gasteiger partial charge >= 0.3 is 0 Å². The molecule has 0 unspecified atom stereocenters. The maximum Gasteiger partial charge on any atom is 0.251 e. The first kappa shape index (κ1) is 20.1. The number of carbonyl (C=O) groups is 1.